The van der Waals surface area contributed by atoms with Gasteiger partial charge in [0, 0.05) is 6.21 Å². The lowest BCUT2D eigenvalue weighted by Gasteiger charge is -2.23. The van der Waals surface area contributed by atoms with Gasteiger partial charge in [0.05, 0.1) is 12.5 Å². The molecular formula is C18H19NO. The summed E-state index contributed by atoms with van der Waals surface area (Å²) in [5, 5.41) is 0. The van der Waals surface area contributed by atoms with Crippen molar-refractivity contribution in [2.75, 3.05) is 0 Å². The fourth-order valence-electron chi connectivity index (χ4n) is 2.81. The summed E-state index contributed by atoms with van der Waals surface area (Å²) in [6, 6.07) is 10.7. The molecule has 0 amide bonds. The Morgan fingerprint density at radius 2 is 2.10 bits per heavy atom. The molecule has 2 aliphatic rings. The second-order valence-electron chi connectivity index (χ2n) is 5.30. The molecule has 1 unspecified atom stereocenters. The third-order valence-electron chi connectivity index (χ3n) is 3.80. The first kappa shape index (κ1) is 12.9. The number of aliphatic imine (C=N–C) groups is 1. The molecular weight excluding hydrogens is 246 g/mol. The number of hydrogen-bond acceptors (Lipinski definition) is 2. The van der Waals surface area contributed by atoms with E-state index in [1.54, 1.807) is 12.5 Å². The zero-order valence-electron chi connectivity index (χ0n) is 11.5. The molecule has 0 radical (unpaired) electrons. The molecule has 2 nitrogen and oxygen atoms in total. The highest BCUT2D eigenvalue weighted by Crippen LogP contribution is 2.31. The molecule has 1 aromatic rings. The summed E-state index contributed by atoms with van der Waals surface area (Å²) >= 11 is 0. The SMILES string of the molecule is C1=COC(C2=CCCC(Cc3ccccc3)C2)=CN=C1. The van der Waals surface area contributed by atoms with Crippen molar-refractivity contribution in [1.82, 2.24) is 0 Å². The summed E-state index contributed by atoms with van der Waals surface area (Å²) in [4.78, 5) is 4.20. The standard InChI is InChI=1S/C18H19NO/c1-2-6-15(7-3-1)12-16-8-4-9-17(13-16)18-14-19-10-5-11-20-18/h1-3,5-7,9-11,14,16H,4,8,12-13H2. The monoisotopic (exact) mass is 265 g/mol. The van der Waals surface area contributed by atoms with Crippen LogP contribution in [0.2, 0.25) is 0 Å². The average Bonchev–Trinajstić information content (AvgIpc) is 2.78. The molecule has 3 rings (SSSR count). The van der Waals surface area contributed by atoms with Crippen molar-refractivity contribution in [2.45, 2.75) is 25.7 Å². The summed E-state index contributed by atoms with van der Waals surface area (Å²) in [6.45, 7) is 0. The molecule has 102 valence electrons. The summed E-state index contributed by atoms with van der Waals surface area (Å²) in [5.74, 6) is 1.59. The van der Waals surface area contributed by atoms with Crippen LogP contribution in [0, 0.1) is 5.92 Å². The molecule has 1 heterocycles. The molecule has 0 spiro atoms. The van der Waals surface area contributed by atoms with Crippen molar-refractivity contribution < 1.29 is 4.74 Å². The molecule has 0 N–H and O–H groups in total. The van der Waals surface area contributed by atoms with E-state index in [1.807, 2.05) is 12.3 Å². The maximum atomic E-state index is 5.63. The van der Waals surface area contributed by atoms with Gasteiger partial charge in [-0.2, -0.15) is 0 Å². The van der Waals surface area contributed by atoms with Gasteiger partial charge in [0.2, 0.25) is 0 Å². The van der Waals surface area contributed by atoms with Gasteiger partial charge >= 0.3 is 0 Å². The normalized spacial score (nSPS) is 21.7. The Morgan fingerprint density at radius 1 is 1.20 bits per heavy atom. The van der Waals surface area contributed by atoms with Crippen molar-refractivity contribution in [3.63, 3.8) is 0 Å². The van der Waals surface area contributed by atoms with Crippen molar-refractivity contribution >= 4 is 6.21 Å². The van der Waals surface area contributed by atoms with Crippen LogP contribution in [0.15, 0.2) is 71.3 Å². The maximum Gasteiger partial charge on any atom is 0.147 e. The summed E-state index contributed by atoms with van der Waals surface area (Å²) < 4.78 is 5.63. The van der Waals surface area contributed by atoms with E-state index in [4.69, 9.17) is 4.74 Å². The van der Waals surface area contributed by atoms with Crippen LogP contribution < -0.4 is 0 Å². The van der Waals surface area contributed by atoms with E-state index in [2.05, 4.69) is 41.4 Å². The first-order valence-corrected chi connectivity index (χ1v) is 7.20. The van der Waals surface area contributed by atoms with E-state index in [0.717, 1.165) is 25.0 Å². The van der Waals surface area contributed by atoms with Crippen LogP contribution in [0.25, 0.3) is 0 Å². The molecule has 1 aromatic carbocycles. The number of allylic oxidation sites excluding steroid dienone is 3. The molecule has 0 saturated carbocycles. The van der Waals surface area contributed by atoms with Crippen LogP contribution in [-0.2, 0) is 11.2 Å². The van der Waals surface area contributed by atoms with Gasteiger partial charge in [0.1, 0.15) is 5.76 Å². The highest BCUT2D eigenvalue weighted by atomic mass is 16.5. The number of rotatable bonds is 3. The summed E-state index contributed by atoms with van der Waals surface area (Å²) in [6.07, 6.45) is 14.0. The van der Waals surface area contributed by atoms with Crippen molar-refractivity contribution in [3.05, 3.63) is 71.8 Å². The largest absolute Gasteiger partial charge is 0.463 e. The van der Waals surface area contributed by atoms with Crippen LogP contribution in [-0.4, -0.2) is 6.21 Å². The molecule has 0 saturated heterocycles. The van der Waals surface area contributed by atoms with Crippen molar-refractivity contribution in [3.8, 4) is 0 Å². The summed E-state index contributed by atoms with van der Waals surface area (Å²) in [7, 11) is 0. The Hall–Kier alpha value is -2.09. The van der Waals surface area contributed by atoms with Crippen LogP contribution in [0.5, 0.6) is 0 Å². The number of benzene rings is 1. The highest BCUT2D eigenvalue weighted by molar-refractivity contribution is 5.71. The minimum absolute atomic E-state index is 0.693. The van der Waals surface area contributed by atoms with Gasteiger partial charge in [-0.1, -0.05) is 36.4 Å². The molecule has 1 aliphatic heterocycles. The fraction of sp³-hybridized carbons (Fsp3) is 0.278. The van der Waals surface area contributed by atoms with Gasteiger partial charge in [-0.25, -0.2) is 0 Å². The van der Waals surface area contributed by atoms with Gasteiger partial charge < -0.3 is 4.74 Å². The van der Waals surface area contributed by atoms with E-state index in [-0.39, 0.29) is 0 Å². The maximum absolute atomic E-state index is 5.63. The van der Waals surface area contributed by atoms with Gasteiger partial charge in [-0.15, -0.1) is 0 Å². The molecule has 1 aliphatic carbocycles. The lowest BCUT2D eigenvalue weighted by Crippen LogP contribution is -2.11. The van der Waals surface area contributed by atoms with Gasteiger partial charge in [-0.3, -0.25) is 4.99 Å². The number of hydrogen-bond donors (Lipinski definition) is 0. The number of nitrogens with zero attached hydrogens (tertiary/aromatic N) is 1. The topological polar surface area (TPSA) is 21.6 Å². The molecule has 1 atom stereocenters. The Bertz CT molecular complexity index is 566. The van der Waals surface area contributed by atoms with Gasteiger partial charge in [-0.05, 0) is 48.8 Å². The van der Waals surface area contributed by atoms with Crippen LogP contribution in [0.1, 0.15) is 24.8 Å². The Labute approximate surface area is 120 Å². The Balaban J connectivity index is 1.67. The molecule has 0 aromatic heterocycles. The van der Waals surface area contributed by atoms with Gasteiger partial charge in [0.25, 0.3) is 0 Å². The first-order chi connectivity index (χ1) is 9.92. The summed E-state index contributed by atoms with van der Waals surface area (Å²) in [5.41, 5.74) is 2.72. The number of ether oxygens (including phenoxy) is 1. The van der Waals surface area contributed by atoms with Crippen molar-refractivity contribution in [1.29, 1.82) is 0 Å². The second-order valence-corrected chi connectivity index (χ2v) is 5.30. The quantitative estimate of drug-likeness (QED) is 0.793. The van der Waals surface area contributed by atoms with E-state index < -0.39 is 0 Å². The molecule has 0 fully saturated rings. The highest BCUT2D eigenvalue weighted by Gasteiger charge is 2.19. The Morgan fingerprint density at radius 3 is 3.00 bits per heavy atom. The minimum atomic E-state index is 0.693. The van der Waals surface area contributed by atoms with Crippen LogP contribution >= 0.6 is 0 Å². The van der Waals surface area contributed by atoms with Crippen LogP contribution in [0.4, 0.5) is 0 Å². The third kappa shape index (κ3) is 3.27. The average molecular weight is 265 g/mol. The van der Waals surface area contributed by atoms with Crippen molar-refractivity contribution in [2.24, 2.45) is 10.9 Å². The van der Waals surface area contributed by atoms with Crippen LogP contribution in [0.3, 0.4) is 0 Å². The second kappa shape index (κ2) is 6.38. The van der Waals surface area contributed by atoms with E-state index in [1.165, 1.54) is 17.6 Å². The molecule has 20 heavy (non-hydrogen) atoms. The fourth-order valence-corrected chi connectivity index (χ4v) is 2.81. The van der Waals surface area contributed by atoms with E-state index in [0.29, 0.717) is 5.92 Å². The first-order valence-electron chi connectivity index (χ1n) is 7.20. The van der Waals surface area contributed by atoms with E-state index >= 15 is 0 Å². The predicted octanol–water partition coefficient (Wildman–Crippen LogP) is 4.41. The zero-order chi connectivity index (χ0) is 13.6. The lowest BCUT2D eigenvalue weighted by molar-refractivity contribution is 0.344. The smallest absolute Gasteiger partial charge is 0.147 e. The predicted molar refractivity (Wildman–Crippen MR) is 82.4 cm³/mol. The zero-order valence-corrected chi connectivity index (χ0v) is 11.5. The molecule has 0 bridgehead atoms. The molecule has 2 heteroatoms. The minimum Gasteiger partial charge on any atom is -0.463 e. The third-order valence-corrected chi connectivity index (χ3v) is 3.80. The van der Waals surface area contributed by atoms with E-state index in [9.17, 15) is 0 Å². The lowest BCUT2D eigenvalue weighted by atomic mass is 9.84. The van der Waals surface area contributed by atoms with Gasteiger partial charge in [0.15, 0.2) is 0 Å². The Kier molecular flexibility index (Phi) is 4.12.